The average Bonchev–Trinajstić information content (AvgIpc) is 3.60. The van der Waals surface area contributed by atoms with Gasteiger partial charge < -0.3 is 20.3 Å². The van der Waals surface area contributed by atoms with Crippen LogP contribution in [0.2, 0.25) is 0 Å². The molecule has 1 amide bonds. The van der Waals surface area contributed by atoms with Gasteiger partial charge in [-0.1, -0.05) is 12.1 Å². The van der Waals surface area contributed by atoms with Gasteiger partial charge in [-0.3, -0.25) is 9.10 Å². The number of fused-ring (bicyclic) bond motifs is 1. The van der Waals surface area contributed by atoms with E-state index in [0.717, 1.165) is 36.1 Å². The Morgan fingerprint density at radius 1 is 1.15 bits per heavy atom. The lowest BCUT2D eigenvalue weighted by Gasteiger charge is -2.28. The molecule has 2 fully saturated rings. The summed E-state index contributed by atoms with van der Waals surface area (Å²) in [6, 6.07) is 5.75. The number of thiol groups is 1. The molecule has 1 aromatic carbocycles. The van der Waals surface area contributed by atoms with Gasteiger partial charge in [-0.05, 0) is 43.0 Å². The third-order valence-electron chi connectivity index (χ3n) is 7.36. The minimum atomic E-state index is -3.19. The molecule has 0 spiro atoms. The van der Waals surface area contributed by atoms with Crippen LogP contribution < -0.4 is 14.9 Å². The van der Waals surface area contributed by atoms with E-state index in [2.05, 4.69) is 14.9 Å². The molecule has 0 radical (unpaired) electrons. The van der Waals surface area contributed by atoms with Crippen LogP contribution in [0.3, 0.4) is 0 Å². The molecule has 13 heteroatoms. The Kier molecular flexibility index (Phi) is 7.51. The molecule has 2 saturated heterocycles. The van der Waals surface area contributed by atoms with Gasteiger partial charge >= 0.3 is 5.97 Å². The number of hydrogen-bond donors (Lipinski definition) is 2. The third kappa shape index (κ3) is 5.05. The van der Waals surface area contributed by atoms with Gasteiger partial charge in [0.25, 0.3) is 0 Å². The molecule has 2 aromatic heterocycles. The van der Waals surface area contributed by atoms with Crippen molar-refractivity contribution in [3.63, 3.8) is 0 Å². The van der Waals surface area contributed by atoms with Crippen molar-refractivity contribution in [1.82, 2.24) is 14.9 Å². The second-order valence-corrected chi connectivity index (χ2v) is 10.5. The molecule has 3 aromatic rings. The summed E-state index contributed by atoms with van der Waals surface area (Å²) in [6.45, 7) is 1.87. The van der Waals surface area contributed by atoms with Crippen molar-refractivity contribution in [3.05, 3.63) is 54.1 Å². The number of amides is 1. The van der Waals surface area contributed by atoms with Crippen LogP contribution in [0, 0.1) is 5.82 Å². The van der Waals surface area contributed by atoms with Gasteiger partial charge in [0.05, 0.1) is 19.0 Å². The van der Waals surface area contributed by atoms with E-state index in [9.17, 15) is 18.0 Å². The first-order valence-corrected chi connectivity index (χ1v) is 13.8. The Balaban J connectivity index is 1.40. The fourth-order valence-electron chi connectivity index (χ4n) is 5.37. The van der Waals surface area contributed by atoms with Gasteiger partial charge in [0.2, 0.25) is 16.8 Å². The minimum absolute atomic E-state index is 0.0916. The number of methoxy groups -OCH3 is 1. The summed E-state index contributed by atoms with van der Waals surface area (Å²) >= 11 is 0. The van der Waals surface area contributed by atoms with E-state index < -0.39 is 40.7 Å². The van der Waals surface area contributed by atoms with Crippen LogP contribution in [0.4, 0.5) is 21.7 Å². The van der Waals surface area contributed by atoms with Crippen molar-refractivity contribution in [2.75, 3.05) is 41.7 Å². The standard InChI is InChI=1S/C26H29FN6O5S/c1-38-26(35)21(14-16-4-6-19-18(23(16)27)8-10-29-24(19)28)32-13-9-20(25(32)34)33(39(36)37)17-5-7-22(30-15-17)31-11-2-3-12-31/h4-8,10,15,20-21,39H,2-3,9,11-14H2,1H3,(H2,28,29)/t20-,21+/m0/s1. The smallest absolute Gasteiger partial charge is 0.328 e. The average molecular weight is 557 g/mol. The highest BCUT2D eigenvalue weighted by Gasteiger charge is 2.43. The number of esters is 1. The van der Waals surface area contributed by atoms with Crippen molar-refractivity contribution >= 4 is 50.9 Å². The Morgan fingerprint density at radius 3 is 2.59 bits per heavy atom. The second kappa shape index (κ2) is 11.0. The lowest BCUT2D eigenvalue weighted by atomic mass is 10.0. The summed E-state index contributed by atoms with van der Waals surface area (Å²) < 4.78 is 46.0. The van der Waals surface area contributed by atoms with E-state index in [1.54, 1.807) is 18.2 Å². The highest BCUT2D eigenvalue weighted by molar-refractivity contribution is 7.74. The lowest BCUT2D eigenvalue weighted by molar-refractivity contribution is -0.151. The van der Waals surface area contributed by atoms with Crippen LogP contribution in [0.25, 0.3) is 10.8 Å². The van der Waals surface area contributed by atoms with Gasteiger partial charge in [-0.25, -0.2) is 27.6 Å². The minimum Gasteiger partial charge on any atom is -0.467 e. The number of aromatic nitrogens is 2. The molecule has 0 aliphatic carbocycles. The molecular weight excluding hydrogens is 527 g/mol. The summed E-state index contributed by atoms with van der Waals surface area (Å²) in [5, 5.41) is 0.679. The fraction of sp³-hybridized carbons (Fsp3) is 0.385. The first kappa shape index (κ1) is 26.6. The van der Waals surface area contributed by atoms with Crippen LogP contribution in [-0.4, -0.2) is 74.0 Å². The Morgan fingerprint density at radius 2 is 1.92 bits per heavy atom. The van der Waals surface area contributed by atoms with E-state index in [4.69, 9.17) is 10.5 Å². The SMILES string of the molecule is COC(=O)[C@@H](Cc1ccc2c(N)nccc2c1F)N1CC[C@H](N(c2ccc(N3CCCC3)nc2)[SH](=O)=O)C1=O. The van der Waals surface area contributed by atoms with Crippen LogP contribution >= 0.6 is 0 Å². The topological polar surface area (TPSA) is 139 Å². The van der Waals surface area contributed by atoms with Gasteiger partial charge in [0.1, 0.15) is 29.5 Å². The number of hydrogen-bond acceptors (Lipinski definition) is 9. The number of benzene rings is 1. The van der Waals surface area contributed by atoms with Gasteiger partial charge in [-0.15, -0.1) is 0 Å². The number of likely N-dealkylation sites (tertiary alicyclic amines) is 1. The van der Waals surface area contributed by atoms with Crippen molar-refractivity contribution in [3.8, 4) is 0 Å². The highest BCUT2D eigenvalue weighted by atomic mass is 32.2. The molecule has 11 nitrogen and oxygen atoms in total. The quantitative estimate of drug-likeness (QED) is 0.313. The molecule has 2 aliphatic heterocycles. The molecule has 2 atom stereocenters. The van der Waals surface area contributed by atoms with Crippen LogP contribution in [0.5, 0.6) is 0 Å². The predicted octanol–water partition coefficient (Wildman–Crippen LogP) is 1.67. The second-order valence-electron chi connectivity index (χ2n) is 9.56. The molecule has 2 aliphatic rings. The zero-order valence-electron chi connectivity index (χ0n) is 21.3. The summed E-state index contributed by atoms with van der Waals surface area (Å²) in [6.07, 6.45) is 4.96. The summed E-state index contributed by atoms with van der Waals surface area (Å²) in [7, 11) is -2.01. The molecule has 0 unspecified atom stereocenters. The van der Waals surface area contributed by atoms with E-state index in [0.29, 0.717) is 5.39 Å². The fourth-order valence-corrected chi connectivity index (χ4v) is 6.12. The molecule has 4 heterocycles. The summed E-state index contributed by atoms with van der Waals surface area (Å²) in [5.74, 6) is -0.949. The first-order valence-electron chi connectivity index (χ1n) is 12.6. The lowest BCUT2D eigenvalue weighted by Crippen LogP contribution is -2.48. The summed E-state index contributed by atoms with van der Waals surface area (Å²) in [5.41, 5.74) is 6.30. The molecular formula is C26H29FN6O5S. The number of nitrogens with zero attached hydrogens (tertiary/aromatic N) is 5. The van der Waals surface area contributed by atoms with Gasteiger partial charge in [-0.2, -0.15) is 0 Å². The zero-order valence-corrected chi connectivity index (χ0v) is 22.2. The van der Waals surface area contributed by atoms with Crippen molar-refractivity contribution < 1.29 is 27.1 Å². The largest absolute Gasteiger partial charge is 0.467 e. The van der Waals surface area contributed by atoms with E-state index in [-0.39, 0.29) is 41.8 Å². The van der Waals surface area contributed by atoms with E-state index in [1.807, 2.05) is 0 Å². The number of nitrogen functional groups attached to an aromatic ring is 1. The first-order chi connectivity index (χ1) is 18.8. The summed E-state index contributed by atoms with van der Waals surface area (Å²) in [4.78, 5) is 38.1. The Hall–Kier alpha value is -4.00. The molecule has 5 rings (SSSR count). The number of carbonyl (C=O) groups is 2. The Labute approximate surface area is 226 Å². The number of nitrogens with two attached hydrogens (primary N) is 1. The predicted molar refractivity (Wildman–Crippen MR) is 144 cm³/mol. The maximum atomic E-state index is 15.4. The molecule has 0 saturated carbocycles. The molecule has 39 heavy (non-hydrogen) atoms. The number of ether oxygens (including phenoxy) is 1. The van der Waals surface area contributed by atoms with Gasteiger partial charge in [0.15, 0.2) is 0 Å². The number of pyridine rings is 2. The van der Waals surface area contributed by atoms with Crippen LogP contribution in [0.15, 0.2) is 42.7 Å². The number of anilines is 3. The molecule has 0 bridgehead atoms. The monoisotopic (exact) mass is 556 g/mol. The maximum absolute atomic E-state index is 15.4. The number of halogens is 1. The van der Waals surface area contributed by atoms with Crippen LogP contribution in [0.1, 0.15) is 24.8 Å². The zero-order chi connectivity index (χ0) is 27.7. The third-order valence-corrected chi connectivity index (χ3v) is 8.22. The van der Waals surface area contributed by atoms with E-state index in [1.165, 1.54) is 36.5 Å². The van der Waals surface area contributed by atoms with Crippen LogP contribution in [-0.2, 0) is 31.6 Å². The van der Waals surface area contributed by atoms with Crippen molar-refractivity contribution in [1.29, 1.82) is 0 Å². The highest BCUT2D eigenvalue weighted by Crippen LogP contribution is 2.30. The van der Waals surface area contributed by atoms with Crippen molar-refractivity contribution in [2.24, 2.45) is 0 Å². The number of carbonyl (C=O) groups excluding carboxylic acids is 2. The van der Waals surface area contributed by atoms with E-state index >= 15 is 4.39 Å². The van der Waals surface area contributed by atoms with Gasteiger partial charge in [0, 0.05) is 43.0 Å². The maximum Gasteiger partial charge on any atom is 0.328 e. The normalized spacial score (nSPS) is 18.2. The Bertz CT molecular complexity index is 1470. The molecule has 206 valence electrons. The van der Waals surface area contributed by atoms with Crippen molar-refractivity contribution in [2.45, 2.75) is 37.8 Å². The molecule has 2 N–H and O–H groups in total. The number of rotatable bonds is 8.